The number of nitrogens with two attached hydrogens (primary N) is 1. The van der Waals surface area contributed by atoms with Crippen molar-refractivity contribution < 1.29 is 29.3 Å². The van der Waals surface area contributed by atoms with Crippen LogP contribution in [0, 0.1) is 23.7 Å². The molecule has 0 aromatic carbocycles. The van der Waals surface area contributed by atoms with Gasteiger partial charge in [-0.15, -0.1) is 0 Å². The molecule has 2 fully saturated rings. The van der Waals surface area contributed by atoms with Gasteiger partial charge in [0.2, 0.25) is 5.82 Å². The van der Waals surface area contributed by atoms with Gasteiger partial charge in [-0.2, -0.15) is 0 Å². The molecule has 0 aliphatic carbocycles. The van der Waals surface area contributed by atoms with Crippen LogP contribution in [0.4, 0.5) is 10.6 Å². The molecule has 0 unspecified atom stereocenters. The van der Waals surface area contributed by atoms with Crippen molar-refractivity contribution >= 4 is 29.0 Å². The Morgan fingerprint density at radius 1 is 1.26 bits per heavy atom. The molecule has 4 atom stereocenters. The predicted molar refractivity (Wildman–Crippen MR) is 136 cm³/mol. The predicted octanol–water partition coefficient (Wildman–Crippen LogP) is 0.410. The zero-order chi connectivity index (χ0) is 27.4. The van der Waals surface area contributed by atoms with Crippen molar-refractivity contribution in [1.82, 2.24) is 29.7 Å². The lowest BCUT2D eigenvalue weighted by Crippen LogP contribution is -2.42. The Balaban J connectivity index is 1.42. The topological polar surface area (TPSA) is 178 Å². The number of carbonyl (C=O) groups is 2. The molecule has 2 aliphatic heterocycles. The summed E-state index contributed by atoms with van der Waals surface area (Å²) in [5.74, 6) is 6.46. The van der Waals surface area contributed by atoms with Crippen LogP contribution in [0.25, 0.3) is 11.2 Å². The first kappa shape index (κ1) is 27.6. The van der Waals surface area contributed by atoms with E-state index in [0.29, 0.717) is 50.0 Å². The average molecular weight is 530 g/mol. The highest BCUT2D eigenvalue weighted by molar-refractivity contribution is 5.83. The molecule has 0 radical (unpaired) electrons. The van der Waals surface area contributed by atoms with Crippen molar-refractivity contribution in [2.45, 2.75) is 64.6 Å². The number of nitrogens with one attached hydrogen (secondary N) is 1. The summed E-state index contributed by atoms with van der Waals surface area (Å²) in [6.07, 6.45) is -1.79. The van der Waals surface area contributed by atoms with E-state index in [0.717, 1.165) is 12.8 Å². The van der Waals surface area contributed by atoms with Crippen molar-refractivity contribution in [2.75, 3.05) is 32.0 Å². The van der Waals surface area contributed by atoms with E-state index in [-0.39, 0.29) is 23.4 Å². The molecule has 2 amide bonds. The monoisotopic (exact) mass is 529 g/mol. The van der Waals surface area contributed by atoms with Crippen LogP contribution >= 0.6 is 0 Å². The number of hydrogen-bond acceptors (Lipinski definition) is 10. The van der Waals surface area contributed by atoms with Gasteiger partial charge in [-0.05, 0) is 37.5 Å². The molecule has 2 aromatic heterocycles. The molecule has 13 heteroatoms. The van der Waals surface area contributed by atoms with Crippen LogP contribution in [0.1, 0.15) is 52.1 Å². The summed E-state index contributed by atoms with van der Waals surface area (Å²) in [5.41, 5.74) is 6.64. The first-order valence-electron chi connectivity index (χ1n) is 12.9. The fraction of sp³-hybridized carbons (Fsp3) is 0.640. The van der Waals surface area contributed by atoms with E-state index in [2.05, 4.69) is 32.1 Å². The highest BCUT2D eigenvalue weighted by atomic mass is 16.6. The van der Waals surface area contributed by atoms with Crippen molar-refractivity contribution in [3.8, 4) is 11.8 Å². The SMILES string of the molecule is CCNC(=O)[C@H]1O[C@@H](n2cnc3c(N)nc(C#CCC4CCN(C(=O)OCC(C)C)CC4)nc32)[C@@H](O)[C@H]1O. The summed E-state index contributed by atoms with van der Waals surface area (Å²) in [6.45, 7) is 7.78. The van der Waals surface area contributed by atoms with Crippen LogP contribution < -0.4 is 11.1 Å². The van der Waals surface area contributed by atoms with E-state index < -0.39 is 30.4 Å². The van der Waals surface area contributed by atoms with Crippen LogP contribution in [-0.2, 0) is 14.3 Å². The zero-order valence-corrected chi connectivity index (χ0v) is 21.8. The number of likely N-dealkylation sites (N-methyl/N-ethyl adjacent to an activating group) is 1. The number of anilines is 1. The lowest BCUT2D eigenvalue weighted by atomic mass is 9.94. The average Bonchev–Trinajstić information content (AvgIpc) is 3.44. The molecule has 5 N–H and O–H groups in total. The summed E-state index contributed by atoms with van der Waals surface area (Å²) >= 11 is 0. The number of nitrogen functional groups attached to an aromatic ring is 1. The van der Waals surface area contributed by atoms with Crippen molar-refractivity contribution in [2.24, 2.45) is 11.8 Å². The Hall–Kier alpha value is -3.47. The summed E-state index contributed by atoms with van der Waals surface area (Å²) in [4.78, 5) is 39.0. The second-order valence-corrected chi connectivity index (χ2v) is 9.99. The van der Waals surface area contributed by atoms with E-state index in [1.54, 1.807) is 11.8 Å². The molecule has 0 bridgehead atoms. The molecule has 2 aromatic rings. The Morgan fingerprint density at radius 2 is 2.00 bits per heavy atom. The maximum atomic E-state index is 12.2. The third-order valence-corrected chi connectivity index (χ3v) is 6.57. The molecule has 38 heavy (non-hydrogen) atoms. The minimum absolute atomic E-state index is 0.111. The largest absolute Gasteiger partial charge is 0.449 e. The lowest BCUT2D eigenvalue weighted by molar-refractivity contribution is -0.137. The van der Waals surface area contributed by atoms with Gasteiger partial charge in [0.25, 0.3) is 5.91 Å². The standard InChI is InChI=1S/C25H35N7O6/c1-4-27-23(35)20-18(33)19(34)24(38-20)32-13-28-17-21(26)29-16(30-22(17)32)7-5-6-15-8-10-31(11-9-15)25(36)37-12-14(2)3/h13-15,18-20,24,33-34H,4,6,8-12H2,1-3H3,(H,27,35)(H2,26,29,30)/t18-,19+,20+,24-/m1/s1. The Kier molecular flexibility index (Phi) is 8.65. The summed E-state index contributed by atoms with van der Waals surface area (Å²) in [5, 5.41) is 23.5. The van der Waals surface area contributed by atoms with Crippen molar-refractivity contribution in [3.63, 3.8) is 0 Å². The van der Waals surface area contributed by atoms with Crippen LogP contribution in [-0.4, -0.2) is 91.2 Å². The zero-order valence-electron chi connectivity index (χ0n) is 21.8. The number of amides is 2. The van der Waals surface area contributed by atoms with Gasteiger partial charge in [-0.3, -0.25) is 9.36 Å². The molecule has 4 rings (SSSR count). The Morgan fingerprint density at radius 3 is 2.68 bits per heavy atom. The quantitative estimate of drug-likeness (QED) is 0.383. The third-order valence-electron chi connectivity index (χ3n) is 6.57. The normalized spacial score (nSPS) is 23.9. The van der Waals surface area contributed by atoms with Gasteiger partial charge < -0.3 is 35.6 Å². The number of rotatable bonds is 6. The first-order valence-corrected chi connectivity index (χ1v) is 12.9. The van der Waals surface area contributed by atoms with E-state index >= 15 is 0 Å². The Bertz CT molecular complexity index is 1210. The van der Waals surface area contributed by atoms with Gasteiger partial charge >= 0.3 is 6.09 Å². The van der Waals surface area contributed by atoms with E-state index in [1.165, 1.54) is 10.9 Å². The highest BCUT2D eigenvalue weighted by Gasteiger charge is 2.47. The number of ether oxygens (including phenoxy) is 2. The van der Waals surface area contributed by atoms with Gasteiger partial charge in [0.1, 0.15) is 17.7 Å². The first-order chi connectivity index (χ1) is 18.2. The lowest BCUT2D eigenvalue weighted by Gasteiger charge is -2.30. The van der Waals surface area contributed by atoms with Crippen molar-refractivity contribution in [1.29, 1.82) is 0 Å². The van der Waals surface area contributed by atoms with E-state index in [4.69, 9.17) is 15.2 Å². The second kappa shape index (κ2) is 11.9. The molecule has 2 saturated heterocycles. The van der Waals surface area contributed by atoms with Crippen LogP contribution in [0.15, 0.2) is 6.33 Å². The number of fused-ring (bicyclic) bond motifs is 1. The second-order valence-electron chi connectivity index (χ2n) is 9.99. The number of aliphatic hydroxyl groups excluding tert-OH is 2. The maximum Gasteiger partial charge on any atom is 0.409 e. The number of imidazole rings is 1. The Labute approximate surface area is 220 Å². The summed E-state index contributed by atoms with van der Waals surface area (Å²) < 4.78 is 12.4. The number of aliphatic hydroxyl groups is 2. The van der Waals surface area contributed by atoms with Crippen molar-refractivity contribution in [3.05, 3.63) is 12.2 Å². The van der Waals surface area contributed by atoms with Crippen LogP contribution in [0.5, 0.6) is 0 Å². The van der Waals surface area contributed by atoms with Gasteiger partial charge in [-0.25, -0.2) is 19.7 Å². The maximum absolute atomic E-state index is 12.2. The molecular formula is C25H35N7O6. The molecule has 0 saturated carbocycles. The van der Waals surface area contributed by atoms with Gasteiger partial charge in [0, 0.05) is 26.1 Å². The molecule has 4 heterocycles. The fourth-order valence-corrected chi connectivity index (χ4v) is 4.48. The number of hydrogen-bond donors (Lipinski definition) is 4. The minimum atomic E-state index is -1.43. The van der Waals surface area contributed by atoms with Gasteiger partial charge in [0.15, 0.2) is 23.8 Å². The number of likely N-dealkylation sites (tertiary alicyclic amines) is 1. The third kappa shape index (κ3) is 5.98. The van der Waals surface area contributed by atoms with Crippen LogP contribution in [0.3, 0.4) is 0 Å². The molecule has 2 aliphatic rings. The van der Waals surface area contributed by atoms with E-state index in [9.17, 15) is 19.8 Å². The number of piperidine rings is 1. The summed E-state index contributed by atoms with van der Waals surface area (Å²) in [6, 6.07) is 0. The van der Waals surface area contributed by atoms with E-state index in [1.807, 2.05) is 13.8 Å². The van der Waals surface area contributed by atoms with Crippen LogP contribution in [0.2, 0.25) is 0 Å². The minimum Gasteiger partial charge on any atom is -0.449 e. The number of nitrogens with zero attached hydrogens (tertiary/aromatic N) is 5. The van der Waals surface area contributed by atoms with Gasteiger partial charge in [-0.1, -0.05) is 19.8 Å². The van der Waals surface area contributed by atoms with Gasteiger partial charge in [0.05, 0.1) is 12.9 Å². The number of carbonyl (C=O) groups excluding carboxylic acids is 2. The molecular weight excluding hydrogens is 494 g/mol. The highest BCUT2D eigenvalue weighted by Crippen LogP contribution is 2.32. The number of aromatic nitrogens is 4. The fourth-order valence-electron chi connectivity index (χ4n) is 4.48. The molecule has 13 nitrogen and oxygen atoms in total. The summed E-state index contributed by atoms with van der Waals surface area (Å²) in [7, 11) is 0. The smallest absolute Gasteiger partial charge is 0.409 e. The molecule has 206 valence electrons. The molecule has 0 spiro atoms.